The Morgan fingerprint density at radius 1 is 1.24 bits per heavy atom. The number of amides is 1. The van der Waals surface area contributed by atoms with Crippen molar-refractivity contribution in [1.29, 1.82) is 0 Å². The average Bonchev–Trinajstić information content (AvgIpc) is 2.20. The van der Waals surface area contributed by atoms with Crippen LogP contribution in [0.5, 0.6) is 0 Å². The van der Waals surface area contributed by atoms with Crippen LogP contribution in [0.2, 0.25) is 0 Å². The van der Waals surface area contributed by atoms with Crippen molar-refractivity contribution in [3.8, 4) is 0 Å². The third kappa shape index (κ3) is 5.86. The Hall–Kier alpha value is -1.63. The number of nitrogens with two attached hydrogens (primary N) is 1. The summed E-state index contributed by atoms with van der Waals surface area (Å²) in [5, 5.41) is 19.5. The Morgan fingerprint density at radius 3 is 2.12 bits per heavy atom. The molecule has 98 valence electrons. The summed E-state index contributed by atoms with van der Waals surface area (Å²) in [4.78, 5) is 32.6. The summed E-state index contributed by atoms with van der Waals surface area (Å²) in [5.41, 5.74) is 5.45. The maximum Gasteiger partial charge on any atom is 0.326 e. The molecule has 0 fully saturated rings. The minimum absolute atomic E-state index is 0.0222. The number of hydrogen-bond donors (Lipinski definition) is 4. The lowest BCUT2D eigenvalue weighted by molar-refractivity contribution is -0.143. The van der Waals surface area contributed by atoms with E-state index in [-0.39, 0.29) is 18.8 Å². The summed E-state index contributed by atoms with van der Waals surface area (Å²) in [6.07, 6.45) is -0.250. The Bertz CT molecular complexity index is 303. The van der Waals surface area contributed by atoms with Gasteiger partial charge in [-0.25, -0.2) is 4.79 Å². The van der Waals surface area contributed by atoms with Gasteiger partial charge in [0.1, 0.15) is 6.04 Å². The molecule has 0 aliphatic carbocycles. The van der Waals surface area contributed by atoms with E-state index in [1.807, 2.05) is 0 Å². The van der Waals surface area contributed by atoms with E-state index in [4.69, 9.17) is 15.9 Å². The first-order valence-electron chi connectivity index (χ1n) is 5.26. The van der Waals surface area contributed by atoms with Gasteiger partial charge in [0.25, 0.3) is 0 Å². The SMILES string of the molecule is CC(C)[C@@H](NC(=O)[C@@H](N)CCC(=O)O)C(=O)O. The minimum atomic E-state index is -1.14. The topological polar surface area (TPSA) is 130 Å². The van der Waals surface area contributed by atoms with E-state index in [1.54, 1.807) is 13.8 Å². The van der Waals surface area contributed by atoms with Crippen LogP contribution in [0.15, 0.2) is 0 Å². The van der Waals surface area contributed by atoms with Crippen molar-refractivity contribution in [2.75, 3.05) is 0 Å². The van der Waals surface area contributed by atoms with Gasteiger partial charge in [0.05, 0.1) is 6.04 Å². The fourth-order valence-corrected chi connectivity index (χ4v) is 1.18. The first-order valence-corrected chi connectivity index (χ1v) is 5.26. The molecule has 7 heteroatoms. The monoisotopic (exact) mass is 246 g/mol. The molecule has 0 bridgehead atoms. The van der Waals surface area contributed by atoms with Gasteiger partial charge in [-0.2, -0.15) is 0 Å². The molecule has 7 nitrogen and oxygen atoms in total. The van der Waals surface area contributed by atoms with Crippen LogP contribution in [-0.4, -0.2) is 40.1 Å². The summed E-state index contributed by atoms with van der Waals surface area (Å²) >= 11 is 0. The first kappa shape index (κ1) is 15.4. The van der Waals surface area contributed by atoms with Crippen LogP contribution in [-0.2, 0) is 14.4 Å². The zero-order chi connectivity index (χ0) is 13.6. The normalized spacial score (nSPS) is 14.1. The third-order valence-corrected chi connectivity index (χ3v) is 2.24. The molecule has 0 rings (SSSR count). The van der Waals surface area contributed by atoms with Crippen LogP contribution < -0.4 is 11.1 Å². The molecule has 0 aromatic heterocycles. The molecule has 0 saturated heterocycles. The van der Waals surface area contributed by atoms with E-state index in [2.05, 4.69) is 5.32 Å². The molecule has 0 unspecified atom stereocenters. The average molecular weight is 246 g/mol. The van der Waals surface area contributed by atoms with Gasteiger partial charge >= 0.3 is 11.9 Å². The molecule has 0 spiro atoms. The van der Waals surface area contributed by atoms with Gasteiger partial charge in [-0.05, 0) is 12.3 Å². The van der Waals surface area contributed by atoms with Crippen molar-refractivity contribution in [1.82, 2.24) is 5.32 Å². The van der Waals surface area contributed by atoms with E-state index in [0.717, 1.165) is 0 Å². The predicted octanol–water partition coefficient (Wildman–Crippen LogP) is -0.596. The number of carboxylic acid groups (broad SMARTS) is 2. The maximum absolute atomic E-state index is 11.5. The number of carbonyl (C=O) groups is 3. The fourth-order valence-electron chi connectivity index (χ4n) is 1.18. The Balaban J connectivity index is 4.31. The number of rotatable bonds is 7. The van der Waals surface area contributed by atoms with Crippen LogP contribution >= 0.6 is 0 Å². The molecule has 0 aromatic carbocycles. The number of nitrogens with one attached hydrogen (secondary N) is 1. The zero-order valence-electron chi connectivity index (χ0n) is 9.84. The smallest absolute Gasteiger partial charge is 0.326 e. The largest absolute Gasteiger partial charge is 0.481 e. The second-order valence-electron chi connectivity index (χ2n) is 4.11. The summed E-state index contributed by atoms with van der Waals surface area (Å²) in [6.45, 7) is 3.31. The summed E-state index contributed by atoms with van der Waals surface area (Å²) in [6, 6.07) is -2.02. The lowest BCUT2D eigenvalue weighted by Gasteiger charge is -2.20. The molecule has 1 amide bonds. The lowest BCUT2D eigenvalue weighted by atomic mass is 10.0. The van der Waals surface area contributed by atoms with Crippen molar-refractivity contribution in [3.05, 3.63) is 0 Å². The second-order valence-corrected chi connectivity index (χ2v) is 4.11. The van der Waals surface area contributed by atoms with Crippen molar-refractivity contribution < 1.29 is 24.6 Å². The number of carboxylic acids is 2. The predicted molar refractivity (Wildman–Crippen MR) is 59.2 cm³/mol. The van der Waals surface area contributed by atoms with E-state index in [1.165, 1.54) is 0 Å². The van der Waals surface area contributed by atoms with E-state index < -0.39 is 29.9 Å². The van der Waals surface area contributed by atoms with Crippen molar-refractivity contribution in [2.45, 2.75) is 38.8 Å². The lowest BCUT2D eigenvalue weighted by Crippen LogP contribution is -2.50. The third-order valence-electron chi connectivity index (χ3n) is 2.24. The highest BCUT2D eigenvalue weighted by Crippen LogP contribution is 2.03. The van der Waals surface area contributed by atoms with Crippen LogP contribution in [0, 0.1) is 5.92 Å². The quantitative estimate of drug-likeness (QED) is 0.474. The van der Waals surface area contributed by atoms with Crippen LogP contribution in [0.1, 0.15) is 26.7 Å². The molecule has 5 N–H and O–H groups in total. The number of aliphatic carboxylic acids is 2. The van der Waals surface area contributed by atoms with Crippen molar-refractivity contribution >= 4 is 17.8 Å². The number of hydrogen-bond acceptors (Lipinski definition) is 4. The minimum Gasteiger partial charge on any atom is -0.481 e. The molecule has 2 atom stereocenters. The van der Waals surface area contributed by atoms with E-state index in [9.17, 15) is 14.4 Å². The molecule has 0 saturated carbocycles. The van der Waals surface area contributed by atoms with Crippen LogP contribution in [0.4, 0.5) is 0 Å². The zero-order valence-corrected chi connectivity index (χ0v) is 9.84. The van der Waals surface area contributed by atoms with Gasteiger partial charge in [-0.15, -0.1) is 0 Å². The van der Waals surface area contributed by atoms with E-state index in [0.29, 0.717) is 0 Å². The molecule has 0 aliphatic rings. The Kier molecular flexibility index (Phi) is 6.19. The Morgan fingerprint density at radius 2 is 1.76 bits per heavy atom. The first-order chi connectivity index (χ1) is 7.75. The highest BCUT2D eigenvalue weighted by molar-refractivity contribution is 5.87. The summed E-state index contributed by atoms with van der Waals surface area (Å²) in [7, 11) is 0. The van der Waals surface area contributed by atoms with Crippen LogP contribution in [0.25, 0.3) is 0 Å². The van der Waals surface area contributed by atoms with Gasteiger partial charge < -0.3 is 21.3 Å². The standard InChI is InChI=1S/C10H18N2O5/c1-5(2)8(10(16)17)12-9(15)6(11)3-4-7(13)14/h5-6,8H,3-4,11H2,1-2H3,(H,12,15)(H,13,14)(H,16,17)/t6-,8+/m0/s1. The van der Waals surface area contributed by atoms with Crippen molar-refractivity contribution in [2.24, 2.45) is 11.7 Å². The molecule has 17 heavy (non-hydrogen) atoms. The van der Waals surface area contributed by atoms with Crippen molar-refractivity contribution in [3.63, 3.8) is 0 Å². The maximum atomic E-state index is 11.5. The van der Waals surface area contributed by atoms with Gasteiger partial charge in [-0.3, -0.25) is 9.59 Å². The highest BCUT2D eigenvalue weighted by atomic mass is 16.4. The fraction of sp³-hybridized carbons (Fsp3) is 0.700. The van der Waals surface area contributed by atoms with Gasteiger partial charge in [0, 0.05) is 6.42 Å². The van der Waals surface area contributed by atoms with Gasteiger partial charge in [0.2, 0.25) is 5.91 Å². The summed E-state index contributed by atoms with van der Waals surface area (Å²) < 4.78 is 0. The molecule has 0 aromatic rings. The number of carbonyl (C=O) groups excluding carboxylic acids is 1. The highest BCUT2D eigenvalue weighted by Gasteiger charge is 2.25. The molecule has 0 heterocycles. The van der Waals surface area contributed by atoms with Crippen LogP contribution in [0.3, 0.4) is 0 Å². The van der Waals surface area contributed by atoms with E-state index >= 15 is 0 Å². The van der Waals surface area contributed by atoms with Gasteiger partial charge in [-0.1, -0.05) is 13.8 Å². The second kappa shape index (κ2) is 6.85. The molecular weight excluding hydrogens is 228 g/mol. The molecular formula is C10H18N2O5. The molecule has 0 aliphatic heterocycles. The molecule has 0 radical (unpaired) electrons. The summed E-state index contributed by atoms with van der Waals surface area (Å²) in [5.74, 6) is -3.11. The van der Waals surface area contributed by atoms with Gasteiger partial charge in [0.15, 0.2) is 0 Å². The Labute approximate surface area is 99.0 Å².